The van der Waals surface area contributed by atoms with Gasteiger partial charge in [0.1, 0.15) is 11.3 Å². The molecule has 4 rings (SSSR count). The molecular weight excluding hydrogens is 404 g/mol. The van der Waals surface area contributed by atoms with Crippen LogP contribution in [0.15, 0.2) is 46.9 Å². The minimum absolute atomic E-state index is 0.0207. The van der Waals surface area contributed by atoms with Gasteiger partial charge in [-0.3, -0.25) is 9.59 Å². The topological polar surface area (TPSA) is 72.6 Å². The summed E-state index contributed by atoms with van der Waals surface area (Å²) in [5, 5.41) is 0.634. The summed E-state index contributed by atoms with van der Waals surface area (Å²) < 4.78 is 11.5. The average Bonchev–Trinajstić information content (AvgIpc) is 3.20. The summed E-state index contributed by atoms with van der Waals surface area (Å²) >= 11 is 6.02. The molecule has 30 heavy (non-hydrogen) atoms. The minimum Gasteiger partial charge on any atom is -0.484 e. The molecular formula is C23H23ClN2O4. The van der Waals surface area contributed by atoms with Crippen LogP contribution >= 0.6 is 11.6 Å². The number of carbonyl (C=O) groups is 2. The molecule has 6 nitrogen and oxygen atoms in total. The summed E-state index contributed by atoms with van der Waals surface area (Å²) in [7, 11) is 0. The number of hydrogen-bond acceptors (Lipinski definition) is 5. The van der Waals surface area contributed by atoms with Crippen LogP contribution in [0.3, 0.4) is 0 Å². The maximum atomic E-state index is 12.5. The Bertz CT molecular complexity index is 1050. The fourth-order valence-corrected chi connectivity index (χ4v) is 3.81. The Hall–Kier alpha value is -2.86. The maximum absolute atomic E-state index is 12.5. The van der Waals surface area contributed by atoms with E-state index in [1.54, 1.807) is 36.4 Å². The lowest BCUT2D eigenvalue weighted by molar-refractivity contribution is -0.134. The second kappa shape index (κ2) is 8.88. The van der Waals surface area contributed by atoms with E-state index >= 15 is 0 Å². The zero-order valence-corrected chi connectivity index (χ0v) is 17.5. The first-order valence-electron chi connectivity index (χ1n) is 10.1. The minimum atomic E-state index is -0.0495. The van der Waals surface area contributed by atoms with E-state index in [1.165, 1.54) is 0 Å². The third kappa shape index (κ3) is 4.49. The Balaban J connectivity index is 1.29. The van der Waals surface area contributed by atoms with E-state index in [0.29, 0.717) is 41.7 Å². The molecule has 2 heterocycles. The van der Waals surface area contributed by atoms with Crippen molar-refractivity contribution in [3.63, 3.8) is 0 Å². The lowest BCUT2D eigenvalue weighted by atomic mass is 9.97. The van der Waals surface area contributed by atoms with Crippen LogP contribution in [0.2, 0.25) is 5.02 Å². The molecule has 7 heteroatoms. The third-order valence-corrected chi connectivity index (χ3v) is 5.66. The van der Waals surface area contributed by atoms with Gasteiger partial charge in [0.2, 0.25) is 0 Å². The van der Waals surface area contributed by atoms with Crippen LogP contribution in [-0.2, 0) is 4.79 Å². The number of aromatic nitrogens is 1. The molecule has 0 spiro atoms. The van der Waals surface area contributed by atoms with E-state index in [2.05, 4.69) is 4.98 Å². The smallest absolute Gasteiger partial charge is 0.260 e. The van der Waals surface area contributed by atoms with Gasteiger partial charge in [0.05, 0.1) is 0 Å². The molecule has 1 saturated heterocycles. The summed E-state index contributed by atoms with van der Waals surface area (Å²) in [6, 6.07) is 12.3. The number of Topliss-reactive ketones (excluding diaryl/α,β-unsaturated/α-hetero) is 1. The van der Waals surface area contributed by atoms with Crippen molar-refractivity contribution in [3.8, 4) is 5.75 Å². The van der Waals surface area contributed by atoms with Crippen molar-refractivity contribution in [2.75, 3.05) is 19.7 Å². The summed E-state index contributed by atoms with van der Waals surface area (Å²) in [5.41, 5.74) is 2.14. The summed E-state index contributed by atoms with van der Waals surface area (Å²) in [6.07, 6.45) is 2.05. The second-order valence-electron chi connectivity index (χ2n) is 7.41. The van der Waals surface area contributed by atoms with Crippen molar-refractivity contribution in [3.05, 3.63) is 58.9 Å². The highest BCUT2D eigenvalue weighted by molar-refractivity contribution is 6.31. The van der Waals surface area contributed by atoms with Crippen molar-refractivity contribution in [2.45, 2.75) is 32.1 Å². The van der Waals surface area contributed by atoms with Gasteiger partial charge in [-0.2, -0.15) is 0 Å². The van der Waals surface area contributed by atoms with E-state index in [-0.39, 0.29) is 24.2 Å². The van der Waals surface area contributed by atoms with E-state index in [4.69, 9.17) is 20.8 Å². The number of amides is 1. The molecule has 1 amide bonds. The number of carbonyl (C=O) groups excluding carboxylic acids is 2. The quantitative estimate of drug-likeness (QED) is 0.526. The molecule has 1 aliphatic heterocycles. The van der Waals surface area contributed by atoms with Crippen LogP contribution in [0.25, 0.3) is 11.1 Å². The molecule has 1 aromatic heterocycles. The second-order valence-corrected chi connectivity index (χ2v) is 7.85. The fourth-order valence-electron chi connectivity index (χ4n) is 3.65. The Morgan fingerprint density at radius 2 is 1.90 bits per heavy atom. The van der Waals surface area contributed by atoms with Gasteiger partial charge in [0.25, 0.3) is 5.91 Å². The van der Waals surface area contributed by atoms with Gasteiger partial charge in [-0.1, -0.05) is 18.5 Å². The highest BCUT2D eigenvalue weighted by Crippen LogP contribution is 2.30. The molecule has 0 radical (unpaired) electrons. The Morgan fingerprint density at radius 1 is 1.17 bits per heavy atom. The van der Waals surface area contributed by atoms with Gasteiger partial charge in [-0.05, 0) is 55.3 Å². The summed E-state index contributed by atoms with van der Waals surface area (Å²) in [5.74, 6) is 1.51. The molecule has 0 atom stereocenters. The maximum Gasteiger partial charge on any atom is 0.260 e. The largest absolute Gasteiger partial charge is 0.484 e. The number of likely N-dealkylation sites (tertiary alicyclic amines) is 1. The first-order chi connectivity index (χ1) is 14.5. The number of ether oxygens (including phenoxy) is 1. The Labute approximate surface area is 179 Å². The first kappa shape index (κ1) is 20.4. The van der Waals surface area contributed by atoms with Crippen LogP contribution in [0, 0.1) is 0 Å². The predicted molar refractivity (Wildman–Crippen MR) is 114 cm³/mol. The van der Waals surface area contributed by atoms with Crippen molar-refractivity contribution in [2.24, 2.45) is 0 Å². The van der Waals surface area contributed by atoms with E-state index in [0.717, 1.165) is 23.9 Å². The van der Waals surface area contributed by atoms with Gasteiger partial charge in [-0.15, -0.1) is 0 Å². The highest BCUT2D eigenvalue weighted by atomic mass is 35.5. The number of nitrogens with zero attached hydrogens (tertiary/aromatic N) is 2. The van der Waals surface area contributed by atoms with Crippen molar-refractivity contribution < 1.29 is 18.7 Å². The zero-order valence-electron chi connectivity index (χ0n) is 16.8. The first-order valence-corrected chi connectivity index (χ1v) is 10.5. The van der Waals surface area contributed by atoms with Crippen molar-refractivity contribution in [1.29, 1.82) is 0 Å². The van der Waals surface area contributed by atoms with E-state index in [9.17, 15) is 9.59 Å². The molecule has 156 valence electrons. The summed E-state index contributed by atoms with van der Waals surface area (Å²) in [6.45, 7) is 3.08. The number of hydrogen-bond donors (Lipinski definition) is 0. The van der Waals surface area contributed by atoms with Crippen molar-refractivity contribution in [1.82, 2.24) is 9.88 Å². The fraction of sp³-hybridized carbons (Fsp3) is 0.348. The highest BCUT2D eigenvalue weighted by Gasteiger charge is 2.27. The van der Waals surface area contributed by atoms with Gasteiger partial charge in [0.15, 0.2) is 23.9 Å². The van der Waals surface area contributed by atoms with E-state index in [1.807, 2.05) is 17.9 Å². The van der Waals surface area contributed by atoms with Crippen LogP contribution in [0.1, 0.15) is 48.4 Å². The zero-order chi connectivity index (χ0) is 21.1. The van der Waals surface area contributed by atoms with Gasteiger partial charge >= 0.3 is 0 Å². The lowest BCUT2D eigenvalue weighted by Gasteiger charge is -2.30. The molecule has 0 bridgehead atoms. The molecule has 0 N–H and O–H groups in total. The monoisotopic (exact) mass is 426 g/mol. The average molecular weight is 427 g/mol. The molecule has 2 aromatic carbocycles. The van der Waals surface area contributed by atoms with Crippen LogP contribution in [-0.4, -0.2) is 41.3 Å². The number of halogens is 1. The normalized spacial score (nSPS) is 14.8. The Kier molecular flexibility index (Phi) is 6.04. The van der Waals surface area contributed by atoms with Gasteiger partial charge in [-0.25, -0.2) is 4.98 Å². The van der Waals surface area contributed by atoms with Crippen LogP contribution in [0.5, 0.6) is 5.75 Å². The summed E-state index contributed by atoms with van der Waals surface area (Å²) in [4.78, 5) is 30.6. The molecule has 1 aliphatic rings. The van der Waals surface area contributed by atoms with E-state index < -0.39 is 0 Å². The molecule has 0 unspecified atom stereocenters. The van der Waals surface area contributed by atoms with Crippen molar-refractivity contribution >= 4 is 34.4 Å². The molecule has 0 aliphatic carbocycles. The van der Waals surface area contributed by atoms with Gasteiger partial charge < -0.3 is 14.1 Å². The third-order valence-electron chi connectivity index (χ3n) is 5.42. The number of ketones is 1. The number of benzene rings is 2. The lowest BCUT2D eigenvalue weighted by Crippen LogP contribution is -2.40. The van der Waals surface area contributed by atoms with Gasteiger partial charge in [0, 0.05) is 36.0 Å². The number of fused-ring (bicyclic) bond motifs is 1. The molecule has 1 fully saturated rings. The number of oxazole rings is 1. The molecule has 3 aromatic rings. The SMILES string of the molecule is CCC(=O)c1ccc(OCC(=O)N2CCC(c3nc4cc(Cl)ccc4o3)CC2)cc1. The van der Waals surface area contributed by atoms with Crippen LogP contribution in [0.4, 0.5) is 0 Å². The van der Waals surface area contributed by atoms with Crippen LogP contribution < -0.4 is 4.74 Å². The Morgan fingerprint density at radius 3 is 2.60 bits per heavy atom. The number of rotatable bonds is 6. The predicted octanol–water partition coefficient (Wildman–Crippen LogP) is 4.86. The standard InChI is InChI=1S/C23H23ClN2O4/c1-2-20(27)15-3-6-18(7-4-15)29-14-22(28)26-11-9-16(10-12-26)23-25-19-13-17(24)5-8-21(19)30-23/h3-8,13,16H,2,9-12,14H2,1H3. The number of piperidine rings is 1. The molecule has 0 saturated carbocycles.